The molecule has 23 heavy (non-hydrogen) atoms. The lowest BCUT2D eigenvalue weighted by atomic mass is 10.1. The number of amides is 1. The second kappa shape index (κ2) is 7.82. The monoisotopic (exact) mass is 311 g/mol. The molecule has 1 amide bonds. The molecule has 3 nitrogen and oxygen atoms in total. The van der Waals surface area contributed by atoms with Gasteiger partial charge in [-0.25, -0.2) is 0 Å². The van der Waals surface area contributed by atoms with Crippen molar-refractivity contribution in [3.63, 3.8) is 0 Å². The van der Waals surface area contributed by atoms with Gasteiger partial charge >= 0.3 is 0 Å². The number of aryl methyl sites for hydroxylation is 3. The van der Waals surface area contributed by atoms with Crippen LogP contribution in [0.1, 0.15) is 37.0 Å². The number of benzene rings is 2. The van der Waals surface area contributed by atoms with E-state index in [4.69, 9.17) is 4.74 Å². The summed E-state index contributed by atoms with van der Waals surface area (Å²) in [6, 6.07) is 13.9. The van der Waals surface area contributed by atoms with Gasteiger partial charge in [-0.05, 0) is 68.1 Å². The summed E-state index contributed by atoms with van der Waals surface area (Å²) in [5.74, 6) is 0.570. The normalized spacial score (nSPS) is 11.8. The topological polar surface area (TPSA) is 38.3 Å². The molecular weight excluding hydrogens is 286 g/mol. The van der Waals surface area contributed by atoms with Crippen LogP contribution in [0.4, 0.5) is 5.69 Å². The lowest BCUT2D eigenvalue weighted by Gasteiger charge is -2.15. The third-order valence-corrected chi connectivity index (χ3v) is 3.63. The Bertz CT molecular complexity index is 642. The zero-order chi connectivity index (χ0) is 16.8. The molecule has 2 aromatic carbocycles. The smallest absolute Gasteiger partial charge is 0.265 e. The summed E-state index contributed by atoms with van der Waals surface area (Å²) in [7, 11) is 0. The molecule has 0 fully saturated rings. The highest BCUT2D eigenvalue weighted by molar-refractivity contribution is 5.94. The Morgan fingerprint density at radius 1 is 1.09 bits per heavy atom. The first-order valence-corrected chi connectivity index (χ1v) is 8.12. The molecule has 2 aromatic rings. The Morgan fingerprint density at radius 3 is 2.26 bits per heavy atom. The predicted octanol–water partition coefficient (Wildman–Crippen LogP) is 4.66. The molecule has 0 heterocycles. The Hall–Kier alpha value is -2.29. The van der Waals surface area contributed by atoms with E-state index in [1.165, 1.54) is 5.56 Å². The molecule has 0 saturated carbocycles. The van der Waals surface area contributed by atoms with Crippen molar-refractivity contribution < 1.29 is 9.53 Å². The summed E-state index contributed by atoms with van der Waals surface area (Å²) in [5.41, 5.74) is 4.34. The first-order chi connectivity index (χ1) is 11.0. The molecule has 0 aromatic heterocycles. The average Bonchev–Trinajstić information content (AvgIpc) is 2.48. The van der Waals surface area contributed by atoms with E-state index in [2.05, 4.69) is 18.3 Å². The fourth-order valence-electron chi connectivity index (χ4n) is 2.57. The van der Waals surface area contributed by atoms with Gasteiger partial charge in [0.25, 0.3) is 5.91 Å². The largest absolute Gasteiger partial charge is 0.481 e. The van der Waals surface area contributed by atoms with E-state index in [1.807, 2.05) is 50.2 Å². The van der Waals surface area contributed by atoms with Gasteiger partial charge in [-0.15, -0.1) is 0 Å². The Balaban J connectivity index is 1.96. The van der Waals surface area contributed by atoms with Gasteiger partial charge in [0.05, 0.1) is 0 Å². The quantitative estimate of drug-likeness (QED) is 0.842. The highest BCUT2D eigenvalue weighted by Gasteiger charge is 2.15. The number of hydrogen-bond donors (Lipinski definition) is 1. The number of hydrogen-bond acceptors (Lipinski definition) is 2. The number of carbonyl (C=O) groups is 1. The number of carbonyl (C=O) groups excluding carboxylic acids is 1. The Morgan fingerprint density at radius 2 is 1.70 bits per heavy atom. The molecule has 1 atom stereocenters. The second-order valence-corrected chi connectivity index (χ2v) is 6.02. The van der Waals surface area contributed by atoms with Crippen molar-refractivity contribution in [2.45, 2.75) is 46.6 Å². The van der Waals surface area contributed by atoms with E-state index in [0.717, 1.165) is 29.7 Å². The van der Waals surface area contributed by atoms with Gasteiger partial charge < -0.3 is 10.1 Å². The first kappa shape index (κ1) is 17.1. The fourth-order valence-corrected chi connectivity index (χ4v) is 2.57. The van der Waals surface area contributed by atoms with E-state index >= 15 is 0 Å². The van der Waals surface area contributed by atoms with Crippen molar-refractivity contribution in [1.82, 2.24) is 0 Å². The van der Waals surface area contributed by atoms with Gasteiger partial charge in [0.15, 0.2) is 6.10 Å². The minimum atomic E-state index is -0.548. The van der Waals surface area contributed by atoms with Crippen LogP contribution in [0.15, 0.2) is 42.5 Å². The molecule has 0 spiro atoms. The SMILES string of the molecule is CCCc1ccc(OC(C)C(=O)Nc2cc(C)cc(C)c2)cc1. The summed E-state index contributed by atoms with van der Waals surface area (Å²) < 4.78 is 5.73. The molecule has 3 heteroatoms. The molecule has 0 bridgehead atoms. The molecule has 1 unspecified atom stereocenters. The van der Waals surface area contributed by atoms with Crippen LogP contribution in [-0.4, -0.2) is 12.0 Å². The van der Waals surface area contributed by atoms with Gasteiger partial charge in [0, 0.05) is 5.69 Å². The maximum absolute atomic E-state index is 12.3. The molecule has 1 N–H and O–H groups in total. The van der Waals surface area contributed by atoms with Crippen molar-refractivity contribution in [3.8, 4) is 5.75 Å². The highest BCUT2D eigenvalue weighted by atomic mass is 16.5. The molecular formula is C20H25NO2. The van der Waals surface area contributed by atoms with Gasteiger partial charge in [-0.2, -0.15) is 0 Å². The standard InChI is InChI=1S/C20H25NO2/c1-5-6-17-7-9-19(10-8-17)23-16(4)20(22)21-18-12-14(2)11-15(3)13-18/h7-13,16H,5-6H2,1-4H3,(H,21,22). The van der Waals surface area contributed by atoms with E-state index in [1.54, 1.807) is 6.92 Å². The zero-order valence-electron chi connectivity index (χ0n) is 14.3. The molecule has 0 aliphatic heterocycles. The van der Waals surface area contributed by atoms with Crippen LogP contribution >= 0.6 is 0 Å². The van der Waals surface area contributed by atoms with Crippen LogP contribution in [0, 0.1) is 13.8 Å². The van der Waals surface area contributed by atoms with Gasteiger partial charge in [-0.1, -0.05) is 31.5 Å². The van der Waals surface area contributed by atoms with Crippen LogP contribution in [0.2, 0.25) is 0 Å². The first-order valence-electron chi connectivity index (χ1n) is 8.12. The average molecular weight is 311 g/mol. The van der Waals surface area contributed by atoms with Crippen molar-refractivity contribution in [2.24, 2.45) is 0 Å². The third-order valence-electron chi connectivity index (χ3n) is 3.63. The lowest BCUT2D eigenvalue weighted by molar-refractivity contribution is -0.122. The number of ether oxygens (including phenoxy) is 1. The summed E-state index contributed by atoms with van der Waals surface area (Å²) in [5, 5.41) is 2.91. The molecule has 122 valence electrons. The van der Waals surface area contributed by atoms with Crippen LogP contribution in [0.5, 0.6) is 5.75 Å². The minimum absolute atomic E-state index is 0.146. The predicted molar refractivity (Wildman–Crippen MR) is 95.1 cm³/mol. The number of nitrogens with one attached hydrogen (secondary N) is 1. The Labute approximate surface area is 138 Å². The lowest BCUT2D eigenvalue weighted by Crippen LogP contribution is -2.30. The molecule has 0 saturated heterocycles. The number of rotatable bonds is 6. The summed E-state index contributed by atoms with van der Waals surface area (Å²) >= 11 is 0. The van der Waals surface area contributed by atoms with E-state index in [0.29, 0.717) is 5.75 Å². The zero-order valence-corrected chi connectivity index (χ0v) is 14.3. The molecule has 0 aliphatic carbocycles. The van der Waals surface area contributed by atoms with E-state index in [9.17, 15) is 4.79 Å². The van der Waals surface area contributed by atoms with E-state index < -0.39 is 6.10 Å². The van der Waals surface area contributed by atoms with E-state index in [-0.39, 0.29) is 5.91 Å². The third kappa shape index (κ3) is 5.13. The summed E-state index contributed by atoms with van der Waals surface area (Å²) in [6.45, 7) is 7.95. The molecule has 0 radical (unpaired) electrons. The van der Waals surface area contributed by atoms with Crippen LogP contribution < -0.4 is 10.1 Å². The molecule has 2 rings (SSSR count). The maximum Gasteiger partial charge on any atom is 0.265 e. The van der Waals surface area contributed by atoms with Crippen molar-refractivity contribution >= 4 is 11.6 Å². The van der Waals surface area contributed by atoms with Gasteiger partial charge in [0.1, 0.15) is 5.75 Å². The van der Waals surface area contributed by atoms with Gasteiger partial charge in [-0.3, -0.25) is 4.79 Å². The van der Waals surface area contributed by atoms with Crippen LogP contribution in [0.25, 0.3) is 0 Å². The minimum Gasteiger partial charge on any atom is -0.481 e. The number of anilines is 1. The van der Waals surface area contributed by atoms with Crippen LogP contribution in [0.3, 0.4) is 0 Å². The molecule has 0 aliphatic rings. The van der Waals surface area contributed by atoms with Crippen molar-refractivity contribution in [1.29, 1.82) is 0 Å². The second-order valence-electron chi connectivity index (χ2n) is 6.02. The Kier molecular flexibility index (Phi) is 5.80. The van der Waals surface area contributed by atoms with Gasteiger partial charge in [0.2, 0.25) is 0 Å². The van der Waals surface area contributed by atoms with Crippen molar-refractivity contribution in [3.05, 3.63) is 59.2 Å². The summed E-state index contributed by atoms with van der Waals surface area (Å²) in [6.07, 6.45) is 1.63. The maximum atomic E-state index is 12.3. The van der Waals surface area contributed by atoms with Crippen LogP contribution in [-0.2, 0) is 11.2 Å². The highest BCUT2D eigenvalue weighted by Crippen LogP contribution is 2.17. The fraction of sp³-hybridized carbons (Fsp3) is 0.350. The summed E-state index contributed by atoms with van der Waals surface area (Å²) in [4.78, 5) is 12.3. The van der Waals surface area contributed by atoms with Crippen molar-refractivity contribution in [2.75, 3.05) is 5.32 Å².